The number of hydrogen-bond acceptors (Lipinski definition) is 5. The van der Waals surface area contributed by atoms with Gasteiger partial charge in [-0.2, -0.15) is 8.61 Å². The van der Waals surface area contributed by atoms with Gasteiger partial charge in [0.2, 0.25) is 26.0 Å². The summed E-state index contributed by atoms with van der Waals surface area (Å²) in [4.78, 5) is 13.6. The van der Waals surface area contributed by atoms with Crippen LogP contribution in [-0.2, 0) is 24.8 Å². The fraction of sp³-hybridized carbons (Fsp3) is 0.240. The van der Waals surface area contributed by atoms with Gasteiger partial charge in [-0.1, -0.05) is 42.5 Å². The largest absolute Gasteiger partial charge is 0.325 e. The molecule has 1 saturated heterocycles. The number of sulfonamides is 2. The first-order valence-corrected chi connectivity index (χ1v) is 14.0. The number of anilines is 1. The number of aryl methyl sites for hydroxylation is 2. The summed E-state index contributed by atoms with van der Waals surface area (Å²) in [6, 6.07) is 20.0. The first kappa shape index (κ1) is 25.1. The summed E-state index contributed by atoms with van der Waals surface area (Å²) in [6.45, 7) is 3.25. The molecule has 0 saturated carbocycles. The molecule has 8 nitrogen and oxygen atoms in total. The Hall–Kier alpha value is -3.05. The van der Waals surface area contributed by atoms with E-state index < -0.39 is 32.0 Å². The highest BCUT2D eigenvalue weighted by Crippen LogP contribution is 2.26. The van der Waals surface area contributed by atoms with Crippen molar-refractivity contribution in [2.45, 2.75) is 29.7 Å². The van der Waals surface area contributed by atoms with Gasteiger partial charge in [-0.05, 0) is 61.4 Å². The van der Waals surface area contributed by atoms with Gasteiger partial charge in [-0.15, -0.1) is 0 Å². The normalized spacial score (nSPS) is 17.7. The molecule has 0 spiro atoms. The van der Waals surface area contributed by atoms with Gasteiger partial charge in [0.15, 0.2) is 0 Å². The highest BCUT2D eigenvalue weighted by Gasteiger charge is 2.43. The standard InChI is InChI=1S/C25H27N3O5S2/c1-19-15-20(2)17-21(16-19)26-25(29)24-18-27(34(30,31)22-9-5-3-6-10-22)13-14-28(24)35(32,33)23-11-7-4-8-12-23/h3-12,15-17,24H,13-14,18H2,1-2H3,(H,26,29)/t24-/m1/s1. The van der Waals surface area contributed by atoms with E-state index >= 15 is 0 Å². The van der Waals surface area contributed by atoms with Crippen LogP contribution >= 0.6 is 0 Å². The average Bonchev–Trinajstić information content (AvgIpc) is 2.84. The van der Waals surface area contributed by atoms with Gasteiger partial charge in [-0.25, -0.2) is 16.8 Å². The summed E-state index contributed by atoms with van der Waals surface area (Å²) in [5.74, 6) is -0.595. The number of carbonyl (C=O) groups excluding carboxylic acids is 1. The van der Waals surface area contributed by atoms with Gasteiger partial charge in [0, 0.05) is 25.3 Å². The zero-order valence-corrected chi connectivity index (χ0v) is 21.1. The lowest BCUT2D eigenvalue weighted by molar-refractivity contribution is -0.120. The van der Waals surface area contributed by atoms with E-state index in [1.165, 1.54) is 28.6 Å². The van der Waals surface area contributed by atoms with Crippen molar-refractivity contribution in [2.24, 2.45) is 0 Å². The van der Waals surface area contributed by atoms with E-state index in [-0.39, 0.29) is 29.4 Å². The second-order valence-corrected chi connectivity index (χ2v) is 12.3. The van der Waals surface area contributed by atoms with Crippen molar-refractivity contribution in [1.29, 1.82) is 0 Å². The zero-order valence-electron chi connectivity index (χ0n) is 19.5. The van der Waals surface area contributed by atoms with Gasteiger partial charge < -0.3 is 5.32 Å². The van der Waals surface area contributed by atoms with Crippen LogP contribution in [0.5, 0.6) is 0 Å². The fourth-order valence-electron chi connectivity index (χ4n) is 4.20. The Balaban J connectivity index is 1.70. The Morgan fingerprint density at radius 2 is 1.29 bits per heavy atom. The first-order valence-electron chi connectivity index (χ1n) is 11.1. The van der Waals surface area contributed by atoms with E-state index in [0.717, 1.165) is 15.4 Å². The second kappa shape index (κ2) is 9.90. The number of benzene rings is 3. The van der Waals surface area contributed by atoms with Crippen molar-refractivity contribution >= 4 is 31.6 Å². The van der Waals surface area contributed by atoms with Crippen molar-refractivity contribution in [3.63, 3.8) is 0 Å². The predicted octanol–water partition coefficient (Wildman–Crippen LogP) is 3.01. The van der Waals surface area contributed by atoms with Crippen LogP contribution in [0.4, 0.5) is 5.69 Å². The molecule has 1 N–H and O–H groups in total. The van der Waals surface area contributed by atoms with Crippen molar-refractivity contribution in [3.05, 3.63) is 90.0 Å². The molecular weight excluding hydrogens is 486 g/mol. The van der Waals surface area contributed by atoms with E-state index in [1.807, 2.05) is 19.9 Å². The number of piperazine rings is 1. The summed E-state index contributed by atoms with van der Waals surface area (Å²) in [7, 11) is -7.96. The Kier molecular flexibility index (Phi) is 7.09. The first-order chi connectivity index (χ1) is 16.6. The van der Waals surface area contributed by atoms with Gasteiger partial charge >= 0.3 is 0 Å². The fourth-order valence-corrected chi connectivity index (χ4v) is 7.25. The van der Waals surface area contributed by atoms with Crippen LogP contribution in [0, 0.1) is 13.8 Å². The lowest BCUT2D eigenvalue weighted by Gasteiger charge is -2.39. The predicted molar refractivity (Wildman–Crippen MR) is 134 cm³/mol. The quantitative estimate of drug-likeness (QED) is 0.546. The van der Waals surface area contributed by atoms with Gasteiger partial charge in [0.25, 0.3) is 0 Å². The molecule has 4 rings (SSSR count). The molecule has 1 amide bonds. The van der Waals surface area contributed by atoms with Crippen LogP contribution in [0.25, 0.3) is 0 Å². The minimum atomic E-state index is -4.05. The summed E-state index contributed by atoms with van der Waals surface area (Å²) < 4.78 is 55.7. The van der Waals surface area contributed by atoms with Gasteiger partial charge in [0.05, 0.1) is 9.79 Å². The third-order valence-corrected chi connectivity index (χ3v) is 9.62. The highest BCUT2D eigenvalue weighted by atomic mass is 32.2. The lowest BCUT2D eigenvalue weighted by Crippen LogP contribution is -2.60. The van der Waals surface area contributed by atoms with Crippen molar-refractivity contribution in [2.75, 3.05) is 25.0 Å². The molecule has 1 aliphatic rings. The smallest absolute Gasteiger partial charge is 0.244 e. The Morgan fingerprint density at radius 3 is 1.83 bits per heavy atom. The molecule has 35 heavy (non-hydrogen) atoms. The summed E-state index contributed by atoms with van der Waals surface area (Å²) in [6.07, 6.45) is 0. The van der Waals surface area contributed by atoms with Gasteiger partial charge in [0.1, 0.15) is 6.04 Å². The Morgan fingerprint density at radius 1 is 0.771 bits per heavy atom. The Labute approximate surface area is 206 Å². The van der Waals surface area contributed by atoms with E-state index in [0.29, 0.717) is 5.69 Å². The summed E-state index contributed by atoms with van der Waals surface area (Å²) in [5, 5.41) is 2.79. The number of nitrogens with zero attached hydrogens (tertiary/aromatic N) is 2. The third-order valence-electron chi connectivity index (χ3n) is 5.82. The monoisotopic (exact) mass is 513 g/mol. The molecular formula is C25H27N3O5S2. The van der Waals surface area contributed by atoms with Crippen LogP contribution in [-0.4, -0.2) is 57.0 Å². The molecule has 3 aromatic rings. The maximum absolute atomic E-state index is 13.5. The van der Waals surface area contributed by atoms with Crippen LogP contribution in [0.15, 0.2) is 88.7 Å². The van der Waals surface area contributed by atoms with Crippen molar-refractivity contribution < 1.29 is 21.6 Å². The van der Waals surface area contributed by atoms with Crippen LogP contribution in [0.2, 0.25) is 0 Å². The number of carbonyl (C=O) groups is 1. The van der Waals surface area contributed by atoms with E-state index in [2.05, 4.69) is 5.32 Å². The molecule has 1 fully saturated rings. The minimum Gasteiger partial charge on any atom is -0.325 e. The number of nitrogens with one attached hydrogen (secondary N) is 1. The maximum atomic E-state index is 13.5. The van der Waals surface area contributed by atoms with Crippen molar-refractivity contribution in [1.82, 2.24) is 8.61 Å². The molecule has 0 aromatic heterocycles. The minimum absolute atomic E-state index is 0.0450. The topological polar surface area (TPSA) is 104 Å². The van der Waals surface area contributed by atoms with Crippen molar-refractivity contribution in [3.8, 4) is 0 Å². The molecule has 0 unspecified atom stereocenters. The SMILES string of the molecule is Cc1cc(C)cc(NC(=O)[C@H]2CN(S(=O)(=O)c3ccccc3)CCN2S(=O)(=O)c2ccccc2)c1. The third kappa shape index (κ3) is 5.30. The molecule has 1 aliphatic heterocycles. The Bertz CT molecular complexity index is 1410. The summed E-state index contributed by atoms with van der Waals surface area (Å²) in [5.41, 5.74) is 2.39. The molecule has 10 heteroatoms. The van der Waals surface area contributed by atoms with Crippen LogP contribution in [0.3, 0.4) is 0 Å². The average molecular weight is 514 g/mol. The van der Waals surface area contributed by atoms with Crippen LogP contribution in [0.1, 0.15) is 11.1 Å². The number of amides is 1. The zero-order chi connectivity index (χ0) is 25.2. The molecule has 0 aliphatic carbocycles. The van der Waals surface area contributed by atoms with E-state index in [1.54, 1.807) is 48.5 Å². The molecule has 3 aromatic carbocycles. The molecule has 0 bridgehead atoms. The molecule has 1 atom stereocenters. The molecule has 1 heterocycles. The van der Waals surface area contributed by atoms with E-state index in [4.69, 9.17) is 0 Å². The highest BCUT2D eigenvalue weighted by molar-refractivity contribution is 7.89. The molecule has 0 radical (unpaired) electrons. The van der Waals surface area contributed by atoms with Gasteiger partial charge in [-0.3, -0.25) is 4.79 Å². The number of hydrogen-bond donors (Lipinski definition) is 1. The van der Waals surface area contributed by atoms with Crippen LogP contribution < -0.4 is 5.32 Å². The van der Waals surface area contributed by atoms with E-state index in [9.17, 15) is 21.6 Å². The lowest BCUT2D eigenvalue weighted by atomic mass is 10.1. The maximum Gasteiger partial charge on any atom is 0.244 e. The molecule has 184 valence electrons. The second-order valence-electron chi connectivity index (χ2n) is 8.49. The number of rotatable bonds is 6. The summed E-state index contributed by atoms with van der Waals surface area (Å²) >= 11 is 0.